The SMILES string of the molecule is C=CCCC(=Nc1cc(C)ccc1C)c1cccc(C(C)=Nc2cc(C)ccc2C)n1. The van der Waals surface area contributed by atoms with Gasteiger partial charge in [0.1, 0.15) is 0 Å². The summed E-state index contributed by atoms with van der Waals surface area (Å²) in [5, 5.41) is 0. The lowest BCUT2D eigenvalue weighted by Gasteiger charge is -2.10. The van der Waals surface area contributed by atoms with Gasteiger partial charge in [0.25, 0.3) is 0 Å². The Balaban J connectivity index is 2.02. The first-order chi connectivity index (χ1) is 14.9. The number of aromatic nitrogens is 1. The van der Waals surface area contributed by atoms with E-state index in [-0.39, 0.29) is 0 Å². The number of aliphatic imine (C=N–C) groups is 2. The predicted molar refractivity (Wildman–Crippen MR) is 134 cm³/mol. The van der Waals surface area contributed by atoms with Crippen molar-refractivity contribution in [2.45, 2.75) is 47.5 Å². The fourth-order valence-corrected chi connectivity index (χ4v) is 3.34. The fraction of sp³-hybridized carbons (Fsp3) is 0.250. The summed E-state index contributed by atoms with van der Waals surface area (Å²) < 4.78 is 0. The topological polar surface area (TPSA) is 37.6 Å². The molecule has 3 nitrogen and oxygen atoms in total. The molecule has 31 heavy (non-hydrogen) atoms. The fourth-order valence-electron chi connectivity index (χ4n) is 3.34. The van der Waals surface area contributed by atoms with Crippen molar-refractivity contribution in [2.24, 2.45) is 9.98 Å². The third kappa shape index (κ3) is 5.85. The highest BCUT2D eigenvalue weighted by atomic mass is 14.8. The average Bonchev–Trinajstić information content (AvgIpc) is 2.76. The average molecular weight is 410 g/mol. The Kier molecular flexibility index (Phi) is 7.30. The number of hydrogen-bond donors (Lipinski definition) is 0. The zero-order valence-electron chi connectivity index (χ0n) is 19.2. The molecule has 0 amide bonds. The largest absolute Gasteiger partial charge is 0.251 e. The molecule has 0 fully saturated rings. The zero-order chi connectivity index (χ0) is 22.4. The van der Waals surface area contributed by atoms with E-state index < -0.39 is 0 Å². The molecule has 0 bridgehead atoms. The van der Waals surface area contributed by atoms with E-state index in [1.807, 2.05) is 31.2 Å². The Morgan fingerprint density at radius 1 is 0.839 bits per heavy atom. The van der Waals surface area contributed by atoms with E-state index in [1.54, 1.807) is 0 Å². The number of hydrogen-bond acceptors (Lipinski definition) is 3. The van der Waals surface area contributed by atoms with Gasteiger partial charge in [-0.3, -0.25) is 9.98 Å². The summed E-state index contributed by atoms with van der Waals surface area (Å²) in [6.07, 6.45) is 3.57. The summed E-state index contributed by atoms with van der Waals surface area (Å²) in [4.78, 5) is 14.8. The molecular weight excluding hydrogens is 378 g/mol. The molecule has 1 aromatic heterocycles. The Bertz CT molecular complexity index is 1150. The van der Waals surface area contributed by atoms with Crippen LogP contribution in [0.25, 0.3) is 0 Å². The van der Waals surface area contributed by atoms with Crippen molar-refractivity contribution in [3.63, 3.8) is 0 Å². The van der Waals surface area contributed by atoms with Gasteiger partial charge in [-0.25, -0.2) is 4.98 Å². The monoisotopic (exact) mass is 409 g/mol. The molecule has 0 radical (unpaired) electrons. The van der Waals surface area contributed by atoms with Crippen LogP contribution in [0.4, 0.5) is 11.4 Å². The Hall–Kier alpha value is -3.33. The summed E-state index contributed by atoms with van der Waals surface area (Å²) in [6, 6.07) is 18.8. The van der Waals surface area contributed by atoms with Gasteiger partial charge < -0.3 is 0 Å². The maximum absolute atomic E-state index is 5.00. The number of aryl methyl sites for hydroxylation is 4. The highest BCUT2D eigenvalue weighted by Crippen LogP contribution is 2.23. The van der Waals surface area contributed by atoms with Gasteiger partial charge in [0, 0.05) is 0 Å². The van der Waals surface area contributed by atoms with Crippen molar-refractivity contribution < 1.29 is 0 Å². The van der Waals surface area contributed by atoms with Crippen LogP contribution in [-0.2, 0) is 0 Å². The second-order valence-corrected chi connectivity index (χ2v) is 8.07. The Morgan fingerprint density at radius 2 is 1.42 bits per heavy atom. The van der Waals surface area contributed by atoms with Gasteiger partial charge in [-0.1, -0.05) is 36.4 Å². The maximum Gasteiger partial charge on any atom is 0.0852 e. The normalized spacial score (nSPS) is 12.2. The molecule has 3 aromatic rings. The second kappa shape index (κ2) is 10.1. The lowest BCUT2D eigenvalue weighted by Crippen LogP contribution is -2.08. The van der Waals surface area contributed by atoms with E-state index in [4.69, 9.17) is 15.0 Å². The van der Waals surface area contributed by atoms with Crippen LogP contribution >= 0.6 is 0 Å². The molecule has 3 heteroatoms. The van der Waals surface area contributed by atoms with E-state index in [2.05, 4.69) is 70.7 Å². The van der Waals surface area contributed by atoms with E-state index in [0.29, 0.717) is 0 Å². The molecule has 0 spiro atoms. The van der Waals surface area contributed by atoms with E-state index in [0.717, 1.165) is 58.2 Å². The van der Waals surface area contributed by atoms with Crippen LogP contribution in [-0.4, -0.2) is 16.4 Å². The summed E-state index contributed by atoms with van der Waals surface area (Å²) in [7, 11) is 0. The first-order valence-electron chi connectivity index (χ1n) is 10.7. The van der Waals surface area contributed by atoms with Gasteiger partial charge in [-0.05, 0) is 94.0 Å². The summed E-state index contributed by atoms with van der Waals surface area (Å²) in [5.41, 5.74) is 10.3. The molecule has 2 aromatic carbocycles. The molecule has 0 aliphatic heterocycles. The van der Waals surface area contributed by atoms with Crippen molar-refractivity contribution in [3.8, 4) is 0 Å². The van der Waals surface area contributed by atoms with Crippen molar-refractivity contribution in [3.05, 3.63) is 101 Å². The minimum Gasteiger partial charge on any atom is -0.251 e. The molecule has 0 saturated carbocycles. The van der Waals surface area contributed by atoms with Crippen LogP contribution in [0.15, 0.2) is 77.2 Å². The molecule has 0 aliphatic rings. The number of benzene rings is 2. The number of rotatable bonds is 7. The maximum atomic E-state index is 5.00. The highest BCUT2D eigenvalue weighted by molar-refractivity contribution is 6.03. The van der Waals surface area contributed by atoms with Crippen molar-refractivity contribution in [1.29, 1.82) is 0 Å². The molecule has 1 heterocycles. The van der Waals surface area contributed by atoms with Crippen molar-refractivity contribution >= 4 is 22.8 Å². The van der Waals surface area contributed by atoms with Gasteiger partial charge in [-0.15, -0.1) is 6.58 Å². The zero-order valence-corrected chi connectivity index (χ0v) is 19.2. The molecule has 0 unspecified atom stereocenters. The van der Waals surface area contributed by atoms with Crippen LogP contribution in [0.1, 0.15) is 53.4 Å². The molecule has 0 saturated heterocycles. The summed E-state index contributed by atoms with van der Waals surface area (Å²) >= 11 is 0. The van der Waals surface area contributed by atoms with Crippen LogP contribution in [0, 0.1) is 27.7 Å². The van der Waals surface area contributed by atoms with Gasteiger partial charge >= 0.3 is 0 Å². The number of pyridine rings is 1. The Morgan fingerprint density at radius 3 is 2.03 bits per heavy atom. The van der Waals surface area contributed by atoms with Crippen molar-refractivity contribution in [2.75, 3.05) is 0 Å². The highest BCUT2D eigenvalue weighted by Gasteiger charge is 2.10. The first kappa shape index (κ1) is 22.4. The van der Waals surface area contributed by atoms with E-state index >= 15 is 0 Å². The number of nitrogens with zero attached hydrogens (tertiary/aromatic N) is 3. The minimum absolute atomic E-state index is 0.792. The predicted octanol–water partition coefficient (Wildman–Crippen LogP) is 7.54. The minimum atomic E-state index is 0.792. The van der Waals surface area contributed by atoms with E-state index in [1.165, 1.54) is 11.1 Å². The summed E-state index contributed by atoms with van der Waals surface area (Å²) in [5.74, 6) is 0. The third-order valence-electron chi connectivity index (χ3n) is 5.27. The van der Waals surface area contributed by atoms with Gasteiger partial charge in [-0.2, -0.15) is 0 Å². The van der Waals surface area contributed by atoms with Gasteiger partial charge in [0.15, 0.2) is 0 Å². The molecule has 0 N–H and O–H groups in total. The standard InChI is InChI=1S/C28H31N3/c1-7-8-10-25(31-28-18-20(3)14-16-22(28)5)26-12-9-11-24(30-26)23(6)29-27-17-19(2)13-15-21(27)4/h7,9,11-18H,1,8,10H2,2-6H3. The molecule has 3 rings (SSSR count). The molecule has 0 atom stereocenters. The quantitative estimate of drug-likeness (QED) is 0.293. The smallest absolute Gasteiger partial charge is 0.0852 e. The van der Waals surface area contributed by atoms with Crippen molar-refractivity contribution in [1.82, 2.24) is 4.98 Å². The molecule has 158 valence electrons. The lowest BCUT2D eigenvalue weighted by atomic mass is 10.1. The van der Waals surface area contributed by atoms with Gasteiger partial charge in [0.2, 0.25) is 0 Å². The number of allylic oxidation sites excluding steroid dienone is 1. The third-order valence-corrected chi connectivity index (χ3v) is 5.27. The van der Waals surface area contributed by atoms with Crippen LogP contribution < -0.4 is 0 Å². The van der Waals surface area contributed by atoms with Crippen LogP contribution in [0.3, 0.4) is 0 Å². The van der Waals surface area contributed by atoms with Crippen LogP contribution in [0.2, 0.25) is 0 Å². The molecular formula is C28H31N3. The van der Waals surface area contributed by atoms with Crippen LogP contribution in [0.5, 0.6) is 0 Å². The van der Waals surface area contributed by atoms with E-state index in [9.17, 15) is 0 Å². The van der Waals surface area contributed by atoms with Gasteiger partial charge in [0.05, 0.1) is 34.2 Å². The second-order valence-electron chi connectivity index (χ2n) is 8.07. The Labute approximate surface area is 186 Å². The molecule has 0 aliphatic carbocycles. The first-order valence-corrected chi connectivity index (χ1v) is 10.7. The lowest BCUT2D eigenvalue weighted by molar-refractivity contribution is 1.08. The summed E-state index contributed by atoms with van der Waals surface area (Å²) in [6.45, 7) is 14.2.